The third-order valence-corrected chi connectivity index (χ3v) is 3.37. The normalized spacial score (nSPS) is 10.8. The topological polar surface area (TPSA) is 55.1 Å². The molecule has 0 aliphatic rings. The number of carbonyl (C=O) groups is 1. The summed E-state index contributed by atoms with van der Waals surface area (Å²) in [6.07, 6.45) is 0.914. The summed E-state index contributed by atoms with van der Waals surface area (Å²) in [5.74, 6) is -0.983. The van der Waals surface area contributed by atoms with E-state index in [4.69, 9.17) is 5.11 Å². The Kier molecular flexibility index (Phi) is 3.93. The van der Waals surface area contributed by atoms with Gasteiger partial charge >= 0.3 is 5.97 Å². The van der Waals surface area contributed by atoms with Crippen LogP contribution in [0.3, 0.4) is 0 Å². The van der Waals surface area contributed by atoms with Crippen molar-refractivity contribution < 1.29 is 9.90 Å². The molecule has 0 radical (unpaired) electrons. The first-order valence-corrected chi connectivity index (χ1v) is 6.83. The molecule has 106 valence electrons. The van der Waals surface area contributed by atoms with Crippen molar-refractivity contribution in [1.29, 1.82) is 0 Å². The number of aryl methyl sites for hydroxylation is 4. The summed E-state index contributed by atoms with van der Waals surface area (Å²) >= 11 is 0. The molecule has 4 heteroatoms. The Morgan fingerprint density at radius 1 is 1.20 bits per heavy atom. The second-order valence-corrected chi connectivity index (χ2v) is 5.22. The first-order valence-electron chi connectivity index (χ1n) is 6.83. The molecule has 2 rings (SSSR count). The van der Waals surface area contributed by atoms with E-state index in [2.05, 4.69) is 44.9 Å². The van der Waals surface area contributed by atoms with Crippen molar-refractivity contribution in [2.45, 2.75) is 40.7 Å². The van der Waals surface area contributed by atoms with E-state index in [0.717, 1.165) is 35.3 Å². The molecule has 1 aromatic heterocycles. The van der Waals surface area contributed by atoms with Gasteiger partial charge in [-0.2, -0.15) is 5.10 Å². The summed E-state index contributed by atoms with van der Waals surface area (Å²) in [6.45, 7) is 8.95. The SMILES string of the molecule is CCCn1nc(C(=O)O)cc1-c1c(C)cc(C)cc1C. The van der Waals surface area contributed by atoms with E-state index in [9.17, 15) is 4.79 Å². The number of nitrogens with zero attached hydrogens (tertiary/aromatic N) is 2. The molecule has 0 saturated carbocycles. The highest BCUT2D eigenvalue weighted by molar-refractivity contribution is 5.87. The van der Waals surface area contributed by atoms with E-state index < -0.39 is 5.97 Å². The number of benzene rings is 1. The monoisotopic (exact) mass is 272 g/mol. The van der Waals surface area contributed by atoms with Crippen LogP contribution in [0.25, 0.3) is 11.3 Å². The van der Waals surface area contributed by atoms with Gasteiger partial charge in [0.15, 0.2) is 5.69 Å². The number of aromatic carboxylic acids is 1. The van der Waals surface area contributed by atoms with Crippen molar-refractivity contribution in [3.05, 3.63) is 40.6 Å². The van der Waals surface area contributed by atoms with Crippen LogP contribution in [0.15, 0.2) is 18.2 Å². The standard InChI is InChI=1S/C16H20N2O2/c1-5-6-18-14(9-13(17-18)16(19)20)15-11(3)7-10(2)8-12(15)4/h7-9H,5-6H2,1-4H3,(H,19,20). The van der Waals surface area contributed by atoms with Crippen LogP contribution in [0.2, 0.25) is 0 Å². The molecular weight excluding hydrogens is 252 g/mol. The number of hydrogen-bond donors (Lipinski definition) is 1. The van der Waals surface area contributed by atoms with E-state index in [1.807, 2.05) is 0 Å². The first kappa shape index (κ1) is 14.3. The molecule has 0 fully saturated rings. The fraction of sp³-hybridized carbons (Fsp3) is 0.375. The van der Waals surface area contributed by atoms with Crippen molar-refractivity contribution in [3.63, 3.8) is 0 Å². The lowest BCUT2D eigenvalue weighted by Gasteiger charge is -2.13. The second kappa shape index (κ2) is 5.49. The Bertz CT molecular complexity index is 633. The maximum Gasteiger partial charge on any atom is 0.356 e. The van der Waals surface area contributed by atoms with Gasteiger partial charge in [-0.05, 0) is 44.4 Å². The lowest BCUT2D eigenvalue weighted by Crippen LogP contribution is -2.05. The van der Waals surface area contributed by atoms with Crippen LogP contribution in [-0.2, 0) is 6.54 Å². The molecule has 0 spiro atoms. The van der Waals surface area contributed by atoms with E-state index in [1.54, 1.807) is 10.7 Å². The Morgan fingerprint density at radius 2 is 1.80 bits per heavy atom. The third-order valence-electron chi connectivity index (χ3n) is 3.37. The minimum Gasteiger partial charge on any atom is -0.476 e. The Hall–Kier alpha value is -2.10. The first-order chi connectivity index (χ1) is 9.43. The largest absolute Gasteiger partial charge is 0.476 e. The van der Waals surface area contributed by atoms with Gasteiger partial charge in [0, 0.05) is 12.1 Å². The number of carboxylic acids is 1. The van der Waals surface area contributed by atoms with Crippen LogP contribution in [0.4, 0.5) is 0 Å². The summed E-state index contributed by atoms with van der Waals surface area (Å²) in [5, 5.41) is 13.3. The smallest absolute Gasteiger partial charge is 0.356 e. The van der Waals surface area contributed by atoms with Crippen LogP contribution >= 0.6 is 0 Å². The van der Waals surface area contributed by atoms with Gasteiger partial charge in [0.25, 0.3) is 0 Å². The van der Waals surface area contributed by atoms with E-state index in [-0.39, 0.29) is 5.69 Å². The summed E-state index contributed by atoms with van der Waals surface area (Å²) in [5.41, 5.74) is 5.59. The summed E-state index contributed by atoms with van der Waals surface area (Å²) in [6, 6.07) is 5.90. The highest BCUT2D eigenvalue weighted by Crippen LogP contribution is 2.29. The molecule has 1 N–H and O–H groups in total. The van der Waals surface area contributed by atoms with Crippen LogP contribution in [0.1, 0.15) is 40.5 Å². The molecule has 0 saturated heterocycles. The lowest BCUT2D eigenvalue weighted by molar-refractivity contribution is 0.0689. The van der Waals surface area contributed by atoms with Gasteiger partial charge in [-0.3, -0.25) is 4.68 Å². The molecule has 0 atom stereocenters. The average Bonchev–Trinajstić information content (AvgIpc) is 2.72. The molecule has 0 aliphatic carbocycles. The van der Waals surface area contributed by atoms with Crippen molar-refractivity contribution >= 4 is 5.97 Å². The van der Waals surface area contributed by atoms with Gasteiger partial charge in [-0.25, -0.2) is 4.79 Å². The zero-order valence-electron chi connectivity index (χ0n) is 12.4. The van der Waals surface area contributed by atoms with Crippen LogP contribution in [-0.4, -0.2) is 20.9 Å². The summed E-state index contributed by atoms with van der Waals surface area (Å²) in [4.78, 5) is 11.2. The molecule has 20 heavy (non-hydrogen) atoms. The van der Waals surface area contributed by atoms with Gasteiger partial charge < -0.3 is 5.11 Å². The Labute approximate surface area is 119 Å². The summed E-state index contributed by atoms with van der Waals surface area (Å²) < 4.78 is 1.80. The molecule has 1 heterocycles. The fourth-order valence-corrected chi connectivity index (χ4v) is 2.69. The molecule has 4 nitrogen and oxygen atoms in total. The van der Waals surface area contributed by atoms with Crippen LogP contribution < -0.4 is 0 Å². The number of rotatable bonds is 4. The zero-order chi connectivity index (χ0) is 14.9. The van der Waals surface area contributed by atoms with Gasteiger partial charge in [0.05, 0.1) is 5.69 Å². The van der Waals surface area contributed by atoms with E-state index >= 15 is 0 Å². The molecule has 1 aromatic carbocycles. The number of aromatic nitrogens is 2. The molecule has 0 bridgehead atoms. The van der Waals surface area contributed by atoms with Crippen molar-refractivity contribution in [3.8, 4) is 11.3 Å². The Morgan fingerprint density at radius 3 is 2.30 bits per heavy atom. The second-order valence-electron chi connectivity index (χ2n) is 5.22. The van der Waals surface area contributed by atoms with Crippen LogP contribution in [0, 0.1) is 20.8 Å². The maximum atomic E-state index is 11.2. The highest BCUT2D eigenvalue weighted by atomic mass is 16.4. The van der Waals surface area contributed by atoms with Gasteiger partial charge in [-0.15, -0.1) is 0 Å². The van der Waals surface area contributed by atoms with Crippen molar-refractivity contribution in [2.24, 2.45) is 0 Å². The quantitative estimate of drug-likeness (QED) is 0.925. The molecule has 0 amide bonds. The maximum absolute atomic E-state index is 11.2. The van der Waals surface area contributed by atoms with Crippen LogP contribution in [0.5, 0.6) is 0 Å². The predicted octanol–water partition coefficient (Wildman–Crippen LogP) is 3.58. The molecule has 2 aromatic rings. The highest BCUT2D eigenvalue weighted by Gasteiger charge is 2.17. The minimum atomic E-state index is -0.983. The molecule has 0 unspecified atom stereocenters. The molecule has 0 aliphatic heterocycles. The Balaban J connectivity index is 2.65. The zero-order valence-corrected chi connectivity index (χ0v) is 12.4. The fourth-order valence-electron chi connectivity index (χ4n) is 2.69. The van der Waals surface area contributed by atoms with Crippen molar-refractivity contribution in [1.82, 2.24) is 9.78 Å². The van der Waals surface area contributed by atoms with E-state index in [0.29, 0.717) is 0 Å². The van der Waals surface area contributed by atoms with E-state index in [1.165, 1.54) is 5.56 Å². The predicted molar refractivity (Wildman–Crippen MR) is 79.1 cm³/mol. The summed E-state index contributed by atoms with van der Waals surface area (Å²) in [7, 11) is 0. The number of carboxylic acid groups (broad SMARTS) is 1. The average molecular weight is 272 g/mol. The van der Waals surface area contributed by atoms with Gasteiger partial charge in [0.1, 0.15) is 0 Å². The number of hydrogen-bond acceptors (Lipinski definition) is 2. The third kappa shape index (κ3) is 2.59. The van der Waals surface area contributed by atoms with Crippen molar-refractivity contribution in [2.75, 3.05) is 0 Å². The molecular formula is C16H20N2O2. The van der Waals surface area contributed by atoms with Gasteiger partial charge in [-0.1, -0.05) is 24.6 Å². The minimum absolute atomic E-state index is 0.104. The van der Waals surface area contributed by atoms with Gasteiger partial charge in [0.2, 0.25) is 0 Å². The lowest BCUT2D eigenvalue weighted by atomic mass is 9.97.